The topological polar surface area (TPSA) is 32.3 Å². The van der Waals surface area contributed by atoms with Crippen molar-refractivity contribution in [3.63, 3.8) is 0 Å². The Kier molecular flexibility index (Phi) is 3.24. The van der Waals surface area contributed by atoms with Crippen LogP contribution in [-0.2, 0) is 4.79 Å². The summed E-state index contributed by atoms with van der Waals surface area (Å²) in [4.78, 5) is 14.2. The van der Waals surface area contributed by atoms with E-state index in [9.17, 15) is 4.79 Å². The molecule has 16 heavy (non-hydrogen) atoms. The van der Waals surface area contributed by atoms with Gasteiger partial charge in [0.1, 0.15) is 0 Å². The number of nitrogens with one attached hydrogen (secondary N) is 1. The summed E-state index contributed by atoms with van der Waals surface area (Å²) in [6.07, 6.45) is 4.81. The smallest absolute Gasteiger partial charge is 0.243 e. The van der Waals surface area contributed by atoms with Gasteiger partial charge in [-0.25, -0.2) is 0 Å². The second kappa shape index (κ2) is 4.36. The van der Waals surface area contributed by atoms with Crippen LogP contribution in [0.5, 0.6) is 0 Å². The van der Waals surface area contributed by atoms with Gasteiger partial charge in [-0.3, -0.25) is 10.1 Å². The van der Waals surface area contributed by atoms with Crippen molar-refractivity contribution in [3.8, 4) is 0 Å². The minimum atomic E-state index is -0.301. The highest BCUT2D eigenvalue weighted by Gasteiger charge is 2.41. The molecule has 0 bridgehead atoms. The number of amides is 1. The van der Waals surface area contributed by atoms with Gasteiger partial charge in [0.2, 0.25) is 5.91 Å². The average Bonchev–Trinajstić information content (AvgIpc) is 2.79. The highest BCUT2D eigenvalue weighted by molar-refractivity contribution is 5.87. The molecule has 1 aliphatic carbocycles. The van der Waals surface area contributed by atoms with E-state index in [-0.39, 0.29) is 5.54 Å². The first-order valence-corrected chi connectivity index (χ1v) is 6.59. The van der Waals surface area contributed by atoms with Gasteiger partial charge in [0.05, 0.1) is 12.2 Å². The minimum absolute atomic E-state index is 0.301. The van der Waals surface area contributed by atoms with Crippen molar-refractivity contribution in [2.45, 2.75) is 52.0 Å². The van der Waals surface area contributed by atoms with E-state index in [1.54, 1.807) is 0 Å². The summed E-state index contributed by atoms with van der Waals surface area (Å²) in [6, 6.07) is 0. The molecule has 1 heterocycles. The second-order valence-corrected chi connectivity index (χ2v) is 5.83. The van der Waals surface area contributed by atoms with E-state index in [4.69, 9.17) is 0 Å². The zero-order valence-electron chi connectivity index (χ0n) is 10.8. The lowest BCUT2D eigenvalue weighted by atomic mass is 9.99. The zero-order chi connectivity index (χ0) is 11.8. The summed E-state index contributed by atoms with van der Waals surface area (Å²) in [7, 11) is 0. The molecular formula is C13H24N2O. The fourth-order valence-electron chi connectivity index (χ4n) is 2.99. The molecule has 3 heteroatoms. The average molecular weight is 224 g/mol. The third-order valence-electron chi connectivity index (χ3n) is 4.41. The molecule has 1 saturated carbocycles. The zero-order valence-corrected chi connectivity index (χ0v) is 10.8. The van der Waals surface area contributed by atoms with E-state index in [1.807, 2.05) is 11.8 Å². The Morgan fingerprint density at radius 3 is 2.75 bits per heavy atom. The predicted octanol–water partition coefficient (Wildman–Crippen LogP) is 1.98. The van der Waals surface area contributed by atoms with Crippen LogP contribution < -0.4 is 5.32 Å². The number of hydrogen-bond donors (Lipinski definition) is 1. The van der Waals surface area contributed by atoms with Crippen LogP contribution in [0, 0.1) is 11.8 Å². The third kappa shape index (κ3) is 2.10. The van der Waals surface area contributed by atoms with Gasteiger partial charge in [-0.1, -0.05) is 20.3 Å². The molecule has 3 unspecified atom stereocenters. The fourth-order valence-corrected chi connectivity index (χ4v) is 2.99. The molecule has 2 rings (SSSR count). The molecule has 0 aromatic heterocycles. The van der Waals surface area contributed by atoms with Crippen molar-refractivity contribution in [2.75, 3.05) is 13.2 Å². The van der Waals surface area contributed by atoms with Crippen molar-refractivity contribution in [2.24, 2.45) is 11.8 Å². The lowest BCUT2D eigenvalue weighted by Crippen LogP contribution is -2.43. The summed E-state index contributed by atoms with van der Waals surface area (Å²) >= 11 is 0. The Hall–Kier alpha value is -0.570. The molecule has 92 valence electrons. The van der Waals surface area contributed by atoms with Gasteiger partial charge in [-0.05, 0) is 38.0 Å². The Bertz CT molecular complexity index is 279. The van der Waals surface area contributed by atoms with E-state index in [0.717, 1.165) is 31.5 Å². The summed E-state index contributed by atoms with van der Waals surface area (Å²) in [5, 5.41) is 3.34. The molecular weight excluding hydrogens is 200 g/mol. The van der Waals surface area contributed by atoms with E-state index >= 15 is 0 Å². The number of nitrogens with zero attached hydrogens (tertiary/aromatic N) is 1. The van der Waals surface area contributed by atoms with Gasteiger partial charge >= 0.3 is 0 Å². The summed E-state index contributed by atoms with van der Waals surface area (Å²) in [5.74, 6) is 1.89. The lowest BCUT2D eigenvalue weighted by molar-refractivity contribution is -0.132. The van der Waals surface area contributed by atoms with Crippen molar-refractivity contribution in [3.05, 3.63) is 0 Å². The minimum Gasteiger partial charge on any atom is -0.328 e. The SMILES string of the molecule is CCC1(C)NCN(CC2CCC(C)C2)C1=O. The lowest BCUT2D eigenvalue weighted by Gasteiger charge is -2.23. The summed E-state index contributed by atoms with van der Waals surface area (Å²) in [6.45, 7) is 8.12. The molecule has 0 aromatic carbocycles. The molecule has 1 saturated heterocycles. The van der Waals surface area contributed by atoms with E-state index in [0.29, 0.717) is 5.91 Å². The molecule has 1 N–H and O–H groups in total. The Balaban J connectivity index is 1.90. The predicted molar refractivity (Wildman–Crippen MR) is 64.9 cm³/mol. The van der Waals surface area contributed by atoms with Gasteiger partial charge in [0, 0.05) is 6.54 Å². The fraction of sp³-hybridized carbons (Fsp3) is 0.923. The van der Waals surface area contributed by atoms with Gasteiger partial charge in [-0.2, -0.15) is 0 Å². The molecule has 1 amide bonds. The summed E-state index contributed by atoms with van der Waals surface area (Å²) < 4.78 is 0. The van der Waals surface area contributed by atoms with Crippen molar-refractivity contribution >= 4 is 5.91 Å². The van der Waals surface area contributed by atoms with Crippen molar-refractivity contribution in [1.29, 1.82) is 0 Å². The molecule has 2 fully saturated rings. The molecule has 1 aliphatic heterocycles. The number of carbonyl (C=O) groups excluding carboxylic acids is 1. The number of rotatable bonds is 3. The number of carbonyl (C=O) groups is 1. The summed E-state index contributed by atoms with van der Waals surface area (Å²) in [5.41, 5.74) is -0.301. The standard InChI is InChI=1S/C13H24N2O/c1-4-13(3)12(16)15(9-14-13)8-11-6-5-10(2)7-11/h10-11,14H,4-9H2,1-3H3. The van der Waals surface area contributed by atoms with Crippen LogP contribution in [0.25, 0.3) is 0 Å². The number of hydrogen-bond acceptors (Lipinski definition) is 2. The third-order valence-corrected chi connectivity index (χ3v) is 4.41. The largest absolute Gasteiger partial charge is 0.328 e. The van der Waals surface area contributed by atoms with Crippen LogP contribution >= 0.6 is 0 Å². The first-order chi connectivity index (χ1) is 7.55. The molecule has 0 spiro atoms. The molecule has 0 aromatic rings. The monoisotopic (exact) mass is 224 g/mol. The first-order valence-electron chi connectivity index (χ1n) is 6.59. The molecule has 2 aliphatic rings. The Morgan fingerprint density at radius 2 is 2.25 bits per heavy atom. The van der Waals surface area contributed by atoms with Gasteiger partial charge < -0.3 is 4.90 Å². The van der Waals surface area contributed by atoms with Gasteiger partial charge in [0.15, 0.2) is 0 Å². The van der Waals surface area contributed by atoms with Crippen LogP contribution in [-0.4, -0.2) is 29.6 Å². The maximum atomic E-state index is 12.2. The molecule has 3 nitrogen and oxygen atoms in total. The van der Waals surface area contributed by atoms with Crippen LogP contribution in [0.3, 0.4) is 0 Å². The quantitative estimate of drug-likeness (QED) is 0.795. The van der Waals surface area contributed by atoms with Gasteiger partial charge in [-0.15, -0.1) is 0 Å². The van der Waals surface area contributed by atoms with Crippen LogP contribution in [0.2, 0.25) is 0 Å². The maximum absolute atomic E-state index is 12.2. The Labute approximate surface area is 98.6 Å². The van der Waals surface area contributed by atoms with Gasteiger partial charge in [0.25, 0.3) is 0 Å². The van der Waals surface area contributed by atoms with Crippen LogP contribution in [0.1, 0.15) is 46.5 Å². The van der Waals surface area contributed by atoms with Crippen LogP contribution in [0.15, 0.2) is 0 Å². The second-order valence-electron chi connectivity index (χ2n) is 5.83. The Morgan fingerprint density at radius 1 is 1.50 bits per heavy atom. The van der Waals surface area contributed by atoms with Crippen LogP contribution in [0.4, 0.5) is 0 Å². The highest BCUT2D eigenvalue weighted by atomic mass is 16.2. The van der Waals surface area contributed by atoms with E-state index in [2.05, 4.69) is 19.2 Å². The van der Waals surface area contributed by atoms with E-state index in [1.165, 1.54) is 19.3 Å². The molecule has 3 atom stereocenters. The molecule has 0 radical (unpaired) electrons. The van der Waals surface area contributed by atoms with Crippen molar-refractivity contribution < 1.29 is 4.79 Å². The highest BCUT2D eigenvalue weighted by Crippen LogP contribution is 2.32. The normalized spacial score (nSPS) is 39.7. The first kappa shape index (κ1) is 11.9. The van der Waals surface area contributed by atoms with Crippen molar-refractivity contribution in [1.82, 2.24) is 10.2 Å². The maximum Gasteiger partial charge on any atom is 0.243 e. The van der Waals surface area contributed by atoms with E-state index < -0.39 is 0 Å².